The van der Waals surface area contributed by atoms with E-state index in [0.29, 0.717) is 0 Å². The predicted molar refractivity (Wildman–Crippen MR) is 91.3 cm³/mol. The summed E-state index contributed by atoms with van der Waals surface area (Å²) in [6.07, 6.45) is 6.41. The van der Waals surface area contributed by atoms with Crippen LogP contribution in [-0.4, -0.2) is 58.6 Å². The van der Waals surface area contributed by atoms with Gasteiger partial charge in [-0.1, -0.05) is 6.07 Å². The Kier molecular flexibility index (Phi) is 4.31. The molecule has 1 aromatic rings. The first-order chi connectivity index (χ1) is 11.7. The molecule has 1 amide bonds. The van der Waals surface area contributed by atoms with Crippen molar-refractivity contribution < 1.29 is 9.53 Å². The fraction of sp³-hybridized carbons (Fsp3) is 0.684. The fourth-order valence-electron chi connectivity index (χ4n) is 4.12. The van der Waals surface area contributed by atoms with E-state index in [1.165, 1.54) is 12.8 Å². The number of amides is 1. The highest BCUT2D eigenvalue weighted by molar-refractivity contribution is 5.78. The molecule has 2 saturated heterocycles. The topological polar surface area (TPSA) is 45.7 Å². The number of hydrogen-bond acceptors (Lipinski definition) is 4. The molecular formula is C19H27N3O2. The third kappa shape index (κ3) is 3.20. The number of nitrogens with zero attached hydrogens (tertiary/aromatic N) is 3. The van der Waals surface area contributed by atoms with Crippen molar-refractivity contribution >= 4 is 5.91 Å². The average molecular weight is 329 g/mol. The monoisotopic (exact) mass is 329 g/mol. The number of pyridine rings is 1. The molecule has 4 rings (SSSR count). The van der Waals surface area contributed by atoms with Crippen molar-refractivity contribution in [2.45, 2.75) is 50.8 Å². The Labute approximate surface area is 144 Å². The molecular weight excluding hydrogens is 302 g/mol. The van der Waals surface area contributed by atoms with Gasteiger partial charge >= 0.3 is 0 Å². The van der Waals surface area contributed by atoms with Gasteiger partial charge in [0.25, 0.3) is 0 Å². The average Bonchev–Trinajstić information content (AvgIpc) is 3.42. The number of piperidine rings is 1. The molecule has 5 nitrogen and oxygen atoms in total. The van der Waals surface area contributed by atoms with Gasteiger partial charge < -0.3 is 9.64 Å². The molecule has 1 atom stereocenters. The van der Waals surface area contributed by atoms with Crippen LogP contribution in [0.15, 0.2) is 24.4 Å². The van der Waals surface area contributed by atoms with Crippen LogP contribution in [0.25, 0.3) is 0 Å². The van der Waals surface area contributed by atoms with Gasteiger partial charge in [-0.3, -0.25) is 14.7 Å². The first-order valence-corrected chi connectivity index (χ1v) is 9.22. The second kappa shape index (κ2) is 6.45. The molecule has 3 fully saturated rings. The van der Waals surface area contributed by atoms with Gasteiger partial charge in [-0.2, -0.15) is 0 Å². The van der Waals surface area contributed by atoms with E-state index in [0.717, 1.165) is 50.6 Å². The number of carbonyl (C=O) groups excluding carboxylic acids is 1. The molecule has 0 bridgehead atoms. The van der Waals surface area contributed by atoms with Crippen molar-refractivity contribution in [1.82, 2.24) is 14.8 Å². The third-order valence-corrected chi connectivity index (χ3v) is 6.00. The lowest BCUT2D eigenvalue weighted by atomic mass is 9.82. The maximum Gasteiger partial charge on any atom is 0.248 e. The molecule has 1 aromatic heterocycles. The van der Waals surface area contributed by atoms with E-state index < -0.39 is 0 Å². The molecule has 0 aromatic carbocycles. The molecule has 0 N–H and O–H groups in total. The molecule has 5 heteroatoms. The molecule has 0 radical (unpaired) electrons. The maximum atomic E-state index is 12.3. The van der Waals surface area contributed by atoms with Gasteiger partial charge in [0.1, 0.15) is 6.61 Å². The van der Waals surface area contributed by atoms with Gasteiger partial charge in [0.05, 0.1) is 17.3 Å². The van der Waals surface area contributed by atoms with Gasteiger partial charge in [-0.25, -0.2) is 0 Å². The van der Waals surface area contributed by atoms with Crippen molar-refractivity contribution in [3.8, 4) is 0 Å². The van der Waals surface area contributed by atoms with Crippen LogP contribution in [-0.2, 0) is 16.1 Å². The van der Waals surface area contributed by atoms with Gasteiger partial charge in [0, 0.05) is 32.4 Å². The Bertz CT molecular complexity index is 580. The van der Waals surface area contributed by atoms with Crippen LogP contribution >= 0.6 is 0 Å². The summed E-state index contributed by atoms with van der Waals surface area (Å²) in [5, 5.41) is 0. The van der Waals surface area contributed by atoms with Crippen molar-refractivity contribution in [1.29, 1.82) is 0 Å². The SMILES string of the molecule is CC1N(CC2CC2)C(=O)COC12CCN(Cc1ccccn1)CC2. The lowest BCUT2D eigenvalue weighted by Crippen LogP contribution is -2.64. The quantitative estimate of drug-likeness (QED) is 0.848. The summed E-state index contributed by atoms with van der Waals surface area (Å²) in [5.41, 5.74) is 0.972. The van der Waals surface area contributed by atoms with Gasteiger partial charge in [-0.15, -0.1) is 0 Å². The highest BCUT2D eigenvalue weighted by atomic mass is 16.5. The second-order valence-corrected chi connectivity index (χ2v) is 7.62. The van der Waals surface area contributed by atoms with E-state index in [-0.39, 0.29) is 24.2 Å². The Hall–Kier alpha value is -1.46. The van der Waals surface area contributed by atoms with Gasteiger partial charge in [0.15, 0.2) is 0 Å². The maximum absolute atomic E-state index is 12.3. The molecule has 1 spiro atoms. The summed E-state index contributed by atoms with van der Waals surface area (Å²) in [6.45, 7) is 6.29. The fourth-order valence-corrected chi connectivity index (χ4v) is 4.12. The summed E-state index contributed by atoms with van der Waals surface area (Å²) in [5.74, 6) is 0.909. The van der Waals surface area contributed by atoms with E-state index in [2.05, 4.69) is 27.8 Å². The Morgan fingerprint density at radius 2 is 2.08 bits per heavy atom. The number of ether oxygens (including phenoxy) is 1. The Balaban J connectivity index is 1.38. The molecule has 24 heavy (non-hydrogen) atoms. The minimum atomic E-state index is -0.149. The first-order valence-electron chi connectivity index (χ1n) is 9.22. The third-order valence-electron chi connectivity index (χ3n) is 6.00. The Morgan fingerprint density at radius 1 is 1.29 bits per heavy atom. The van der Waals surface area contributed by atoms with E-state index in [4.69, 9.17) is 4.74 Å². The molecule has 1 saturated carbocycles. The molecule has 3 aliphatic rings. The normalized spacial score (nSPS) is 27.6. The number of morpholine rings is 1. The summed E-state index contributed by atoms with van der Waals surface area (Å²) in [4.78, 5) is 21.3. The molecule has 1 unspecified atom stereocenters. The summed E-state index contributed by atoms with van der Waals surface area (Å²) in [7, 11) is 0. The number of hydrogen-bond donors (Lipinski definition) is 0. The molecule has 2 aliphatic heterocycles. The minimum absolute atomic E-state index is 0.149. The minimum Gasteiger partial charge on any atom is -0.363 e. The molecule has 1 aliphatic carbocycles. The zero-order valence-corrected chi connectivity index (χ0v) is 14.5. The lowest BCUT2D eigenvalue weighted by Gasteiger charge is -2.51. The van der Waals surface area contributed by atoms with Crippen molar-refractivity contribution in [3.63, 3.8) is 0 Å². The van der Waals surface area contributed by atoms with Crippen LogP contribution in [0.2, 0.25) is 0 Å². The highest BCUT2D eigenvalue weighted by Crippen LogP contribution is 2.38. The van der Waals surface area contributed by atoms with Crippen LogP contribution in [0.1, 0.15) is 38.3 Å². The van der Waals surface area contributed by atoms with Crippen molar-refractivity contribution in [2.24, 2.45) is 5.92 Å². The van der Waals surface area contributed by atoms with Crippen LogP contribution in [0.4, 0.5) is 0 Å². The summed E-state index contributed by atoms with van der Waals surface area (Å²) >= 11 is 0. The Morgan fingerprint density at radius 3 is 2.75 bits per heavy atom. The van der Waals surface area contributed by atoms with E-state index in [1.54, 1.807) is 0 Å². The summed E-state index contributed by atoms with van der Waals surface area (Å²) < 4.78 is 6.13. The highest BCUT2D eigenvalue weighted by Gasteiger charge is 2.48. The van der Waals surface area contributed by atoms with E-state index in [1.807, 2.05) is 18.3 Å². The van der Waals surface area contributed by atoms with Crippen LogP contribution in [0, 0.1) is 5.92 Å². The largest absolute Gasteiger partial charge is 0.363 e. The van der Waals surface area contributed by atoms with E-state index in [9.17, 15) is 4.79 Å². The van der Waals surface area contributed by atoms with Crippen molar-refractivity contribution in [3.05, 3.63) is 30.1 Å². The molecule has 3 heterocycles. The first kappa shape index (κ1) is 16.0. The number of likely N-dealkylation sites (tertiary alicyclic amines) is 1. The number of carbonyl (C=O) groups is 1. The van der Waals surface area contributed by atoms with Crippen LogP contribution in [0.5, 0.6) is 0 Å². The van der Waals surface area contributed by atoms with Gasteiger partial charge in [-0.05, 0) is 50.7 Å². The zero-order valence-electron chi connectivity index (χ0n) is 14.5. The molecule has 130 valence electrons. The number of aromatic nitrogens is 1. The van der Waals surface area contributed by atoms with Gasteiger partial charge in [0.2, 0.25) is 5.91 Å². The smallest absolute Gasteiger partial charge is 0.248 e. The van der Waals surface area contributed by atoms with Crippen LogP contribution < -0.4 is 0 Å². The van der Waals surface area contributed by atoms with Crippen molar-refractivity contribution in [2.75, 3.05) is 26.2 Å². The summed E-state index contributed by atoms with van der Waals surface area (Å²) in [6, 6.07) is 6.27. The van der Waals surface area contributed by atoms with E-state index >= 15 is 0 Å². The van der Waals surface area contributed by atoms with Crippen LogP contribution in [0.3, 0.4) is 0 Å². The standard InChI is InChI=1S/C19H27N3O2/c1-15-19(24-14-18(23)22(15)12-16-5-6-16)7-10-21(11-8-19)13-17-4-2-3-9-20-17/h2-4,9,15-16H,5-8,10-14H2,1H3. The number of rotatable bonds is 4. The predicted octanol–water partition coefficient (Wildman–Crippen LogP) is 2.07. The zero-order chi connectivity index (χ0) is 16.6. The second-order valence-electron chi connectivity index (χ2n) is 7.62. The lowest BCUT2D eigenvalue weighted by molar-refractivity contribution is -0.187.